The highest BCUT2D eigenvalue weighted by Gasteiger charge is 2.16. The van der Waals surface area contributed by atoms with Crippen LogP contribution in [-0.2, 0) is 11.3 Å². The molecule has 7 heteroatoms. The van der Waals surface area contributed by atoms with Crippen molar-refractivity contribution in [2.75, 3.05) is 5.32 Å². The van der Waals surface area contributed by atoms with Crippen LogP contribution in [0.2, 0.25) is 5.15 Å². The van der Waals surface area contributed by atoms with E-state index in [1.807, 2.05) is 12.1 Å². The van der Waals surface area contributed by atoms with Gasteiger partial charge in [-0.25, -0.2) is 9.07 Å². The largest absolute Gasteiger partial charge is 0.321 e. The van der Waals surface area contributed by atoms with E-state index >= 15 is 0 Å². The van der Waals surface area contributed by atoms with Gasteiger partial charge >= 0.3 is 0 Å². The second-order valence-corrected chi connectivity index (χ2v) is 6.42. The molecule has 0 atom stereocenters. The number of rotatable bonds is 5. The quantitative estimate of drug-likeness (QED) is 0.508. The summed E-state index contributed by atoms with van der Waals surface area (Å²) in [6.45, 7) is 2.08. The van der Waals surface area contributed by atoms with E-state index in [1.54, 1.807) is 48.0 Å². The first-order valence-corrected chi connectivity index (χ1v) is 8.81. The topological polar surface area (TPSA) is 70.7 Å². The number of nitrogens with one attached hydrogen (secondary N) is 1. The normalized spacial score (nSPS) is 11.1. The lowest BCUT2D eigenvalue weighted by atomic mass is 10.1. The van der Waals surface area contributed by atoms with Crippen LogP contribution in [0.1, 0.15) is 16.8 Å². The molecule has 0 aliphatic rings. The Balaban J connectivity index is 1.85. The van der Waals surface area contributed by atoms with Gasteiger partial charge in [-0.05, 0) is 42.8 Å². The molecule has 1 N–H and O–H groups in total. The predicted octanol–water partition coefficient (Wildman–Crippen LogP) is 4.58. The zero-order chi connectivity index (χ0) is 20.1. The van der Waals surface area contributed by atoms with Gasteiger partial charge in [0.15, 0.2) is 0 Å². The molecule has 0 aliphatic heterocycles. The van der Waals surface area contributed by atoms with Crippen LogP contribution in [0.15, 0.2) is 60.2 Å². The van der Waals surface area contributed by atoms with Gasteiger partial charge in [0.25, 0.3) is 5.91 Å². The first-order chi connectivity index (χ1) is 13.5. The summed E-state index contributed by atoms with van der Waals surface area (Å²) in [5.74, 6) is -0.853. The zero-order valence-corrected chi connectivity index (χ0v) is 15.7. The average molecular weight is 395 g/mol. The highest BCUT2D eigenvalue weighted by molar-refractivity contribution is 6.31. The van der Waals surface area contributed by atoms with Gasteiger partial charge < -0.3 is 5.32 Å². The molecule has 1 aromatic heterocycles. The summed E-state index contributed by atoms with van der Waals surface area (Å²) < 4.78 is 14.6. The lowest BCUT2D eigenvalue weighted by Crippen LogP contribution is -2.13. The molecule has 0 saturated heterocycles. The van der Waals surface area contributed by atoms with Gasteiger partial charge in [0.1, 0.15) is 22.6 Å². The molecule has 0 radical (unpaired) electrons. The van der Waals surface area contributed by atoms with Crippen LogP contribution in [0.25, 0.3) is 6.08 Å². The minimum absolute atomic E-state index is 0.0878. The number of anilines is 1. The molecule has 5 nitrogen and oxygen atoms in total. The smallest absolute Gasteiger partial charge is 0.266 e. The zero-order valence-electron chi connectivity index (χ0n) is 15.0. The number of hydrogen-bond acceptors (Lipinski definition) is 3. The van der Waals surface area contributed by atoms with Gasteiger partial charge in [0.2, 0.25) is 0 Å². The highest BCUT2D eigenvalue weighted by Crippen LogP contribution is 2.24. The van der Waals surface area contributed by atoms with Crippen LogP contribution in [-0.4, -0.2) is 15.7 Å². The van der Waals surface area contributed by atoms with E-state index < -0.39 is 5.91 Å². The Morgan fingerprint density at radius 1 is 1.25 bits per heavy atom. The summed E-state index contributed by atoms with van der Waals surface area (Å²) in [4.78, 5) is 12.4. The maximum absolute atomic E-state index is 13.1. The van der Waals surface area contributed by atoms with Crippen molar-refractivity contribution in [3.8, 4) is 6.07 Å². The number of benzene rings is 2. The number of para-hydroxylation sites is 1. The van der Waals surface area contributed by atoms with Crippen LogP contribution in [0.3, 0.4) is 0 Å². The summed E-state index contributed by atoms with van der Waals surface area (Å²) in [6.07, 6.45) is 1.42. The van der Waals surface area contributed by atoms with Crippen molar-refractivity contribution in [1.29, 1.82) is 5.26 Å². The number of carbonyl (C=O) groups excluding carboxylic acids is 1. The van der Waals surface area contributed by atoms with Crippen molar-refractivity contribution in [2.24, 2.45) is 0 Å². The van der Waals surface area contributed by atoms with E-state index in [-0.39, 0.29) is 11.4 Å². The number of nitriles is 1. The Hall–Kier alpha value is -3.43. The average Bonchev–Trinajstić information content (AvgIpc) is 2.95. The second kappa shape index (κ2) is 8.51. The van der Waals surface area contributed by atoms with Crippen LogP contribution < -0.4 is 5.32 Å². The van der Waals surface area contributed by atoms with Crippen molar-refractivity contribution in [2.45, 2.75) is 13.5 Å². The van der Waals surface area contributed by atoms with Crippen molar-refractivity contribution >= 4 is 29.3 Å². The standard InChI is InChI=1S/C21H16ClFN4O/c1-14-19(11-16(12-24)21(28)25-18-5-3-2-4-6-18)20(22)27(26-14)13-15-7-9-17(23)10-8-15/h2-11H,13H2,1H3,(H,25,28)/b16-11+. The van der Waals surface area contributed by atoms with Crippen molar-refractivity contribution in [3.63, 3.8) is 0 Å². The van der Waals surface area contributed by atoms with Gasteiger partial charge in [0.05, 0.1) is 12.2 Å². The lowest BCUT2D eigenvalue weighted by Gasteiger charge is -2.04. The van der Waals surface area contributed by atoms with Gasteiger partial charge in [-0.15, -0.1) is 0 Å². The van der Waals surface area contributed by atoms with E-state index in [0.29, 0.717) is 28.6 Å². The molecule has 0 spiro atoms. The van der Waals surface area contributed by atoms with Crippen LogP contribution in [0.5, 0.6) is 0 Å². The molecule has 28 heavy (non-hydrogen) atoms. The highest BCUT2D eigenvalue weighted by atomic mass is 35.5. The fourth-order valence-electron chi connectivity index (χ4n) is 2.61. The molecule has 3 rings (SSSR count). The van der Waals surface area contributed by atoms with Crippen LogP contribution in [0, 0.1) is 24.1 Å². The molecular formula is C21H16ClFN4O. The number of nitrogens with zero attached hydrogens (tertiary/aromatic N) is 3. The minimum Gasteiger partial charge on any atom is -0.321 e. The molecule has 140 valence electrons. The molecule has 0 unspecified atom stereocenters. The Morgan fingerprint density at radius 2 is 1.93 bits per heavy atom. The molecule has 0 bridgehead atoms. The summed E-state index contributed by atoms with van der Waals surface area (Å²) in [6, 6.07) is 16.8. The maximum atomic E-state index is 13.1. The van der Waals surface area contributed by atoms with Gasteiger partial charge in [-0.3, -0.25) is 4.79 Å². The Morgan fingerprint density at radius 3 is 2.57 bits per heavy atom. The Bertz CT molecular complexity index is 1070. The molecule has 0 fully saturated rings. The fourth-order valence-corrected chi connectivity index (χ4v) is 2.90. The molecule has 0 aliphatic carbocycles. The third-order valence-corrected chi connectivity index (χ3v) is 4.44. The third kappa shape index (κ3) is 4.45. The monoisotopic (exact) mass is 394 g/mol. The minimum atomic E-state index is -0.532. The fraction of sp³-hybridized carbons (Fsp3) is 0.0952. The molecular weight excluding hydrogens is 379 g/mol. The molecule has 1 heterocycles. The molecule has 2 aromatic carbocycles. The van der Waals surface area contributed by atoms with E-state index in [4.69, 9.17) is 11.6 Å². The van der Waals surface area contributed by atoms with E-state index in [1.165, 1.54) is 18.2 Å². The van der Waals surface area contributed by atoms with Crippen molar-refractivity contribution < 1.29 is 9.18 Å². The van der Waals surface area contributed by atoms with Gasteiger partial charge in [-0.2, -0.15) is 10.4 Å². The molecule has 1 amide bonds. The number of amides is 1. The summed E-state index contributed by atoms with van der Waals surface area (Å²) in [7, 11) is 0. The number of carbonyl (C=O) groups is 1. The van der Waals surface area contributed by atoms with Crippen LogP contribution >= 0.6 is 11.6 Å². The molecule has 3 aromatic rings. The Labute approximate surface area is 166 Å². The van der Waals surface area contributed by atoms with Gasteiger partial charge in [0, 0.05) is 11.3 Å². The number of aromatic nitrogens is 2. The number of hydrogen-bond donors (Lipinski definition) is 1. The number of aryl methyl sites for hydroxylation is 1. The third-order valence-electron chi connectivity index (χ3n) is 4.04. The second-order valence-electron chi connectivity index (χ2n) is 6.06. The van der Waals surface area contributed by atoms with E-state index in [2.05, 4.69) is 10.4 Å². The first kappa shape index (κ1) is 19.3. The Kier molecular flexibility index (Phi) is 5.87. The van der Waals surface area contributed by atoms with Crippen molar-refractivity contribution in [1.82, 2.24) is 9.78 Å². The SMILES string of the molecule is Cc1nn(Cc2ccc(F)cc2)c(Cl)c1/C=C(\C#N)C(=O)Nc1ccccc1. The van der Waals surface area contributed by atoms with Crippen LogP contribution in [0.4, 0.5) is 10.1 Å². The number of halogens is 2. The molecule has 0 saturated carbocycles. The van der Waals surface area contributed by atoms with E-state index in [9.17, 15) is 14.4 Å². The first-order valence-electron chi connectivity index (χ1n) is 8.43. The summed E-state index contributed by atoms with van der Waals surface area (Å²) >= 11 is 6.42. The summed E-state index contributed by atoms with van der Waals surface area (Å²) in [5, 5.41) is 16.7. The van der Waals surface area contributed by atoms with Crippen molar-refractivity contribution in [3.05, 3.63) is 88.0 Å². The lowest BCUT2D eigenvalue weighted by molar-refractivity contribution is -0.112. The van der Waals surface area contributed by atoms with Gasteiger partial charge in [-0.1, -0.05) is 41.9 Å². The predicted molar refractivity (Wildman–Crippen MR) is 106 cm³/mol. The van der Waals surface area contributed by atoms with E-state index in [0.717, 1.165) is 5.56 Å². The maximum Gasteiger partial charge on any atom is 0.266 e. The summed E-state index contributed by atoms with van der Waals surface area (Å²) in [5.41, 5.74) is 2.39.